The average molecular weight is 431 g/mol. The SMILES string of the molecule is Cn1cnc(S(=O)(=O)N2C[C@@H](C(=O)c3ccc(F)cc3)[C@H](c3ccc(F)cc3)C2)c1. The number of hydrogen-bond acceptors (Lipinski definition) is 4. The third-order valence-corrected chi connectivity index (χ3v) is 7.05. The molecule has 0 aliphatic carbocycles. The maximum Gasteiger partial charge on any atom is 0.262 e. The summed E-state index contributed by atoms with van der Waals surface area (Å²) in [6, 6.07) is 10.8. The van der Waals surface area contributed by atoms with E-state index in [1.165, 1.54) is 57.8 Å². The fraction of sp³-hybridized carbons (Fsp3) is 0.238. The molecule has 2 aromatic carbocycles. The zero-order chi connectivity index (χ0) is 21.5. The van der Waals surface area contributed by atoms with Gasteiger partial charge in [-0.3, -0.25) is 4.79 Å². The lowest BCUT2D eigenvalue weighted by Gasteiger charge is -2.17. The van der Waals surface area contributed by atoms with Gasteiger partial charge in [-0.2, -0.15) is 4.31 Å². The molecule has 0 unspecified atom stereocenters. The minimum Gasteiger partial charge on any atom is -0.339 e. The van der Waals surface area contributed by atoms with Gasteiger partial charge in [-0.1, -0.05) is 12.1 Å². The highest BCUT2D eigenvalue weighted by atomic mass is 32.2. The van der Waals surface area contributed by atoms with Crippen molar-refractivity contribution < 1.29 is 22.0 Å². The maximum absolute atomic E-state index is 13.4. The molecule has 30 heavy (non-hydrogen) atoms. The van der Waals surface area contributed by atoms with Crippen LogP contribution in [0.15, 0.2) is 66.1 Å². The molecule has 6 nitrogen and oxygen atoms in total. The predicted octanol–water partition coefficient (Wildman–Crippen LogP) is 2.99. The number of Topliss-reactive ketones (excluding diaryl/α,β-unsaturated/α-hetero) is 1. The normalized spacial score (nSPS) is 19.8. The van der Waals surface area contributed by atoms with E-state index < -0.39 is 33.5 Å². The first kappa shape index (κ1) is 20.4. The number of imidazole rings is 1. The van der Waals surface area contributed by atoms with Crippen LogP contribution in [-0.4, -0.2) is 41.1 Å². The number of nitrogens with zero attached hydrogens (tertiary/aromatic N) is 3. The molecule has 1 aliphatic rings. The van der Waals surface area contributed by atoms with Crippen LogP contribution < -0.4 is 0 Å². The van der Waals surface area contributed by atoms with Crippen molar-refractivity contribution in [3.8, 4) is 0 Å². The molecule has 0 saturated carbocycles. The topological polar surface area (TPSA) is 72.3 Å². The second-order valence-electron chi connectivity index (χ2n) is 7.34. The lowest BCUT2D eigenvalue weighted by Crippen LogP contribution is -2.30. The standard InChI is InChI=1S/C21H19F2N3O3S/c1-25-12-20(24-13-25)30(28,29)26-10-18(14-2-6-16(22)7-3-14)19(11-26)21(27)15-4-8-17(23)9-5-15/h2-9,12-13,18-19H,10-11H2,1H3/t18-,19+/m0/s1. The number of rotatable bonds is 5. The van der Waals surface area contributed by atoms with Gasteiger partial charge in [-0.05, 0) is 42.0 Å². The van der Waals surface area contributed by atoms with Crippen LogP contribution in [0.4, 0.5) is 8.78 Å². The minimum atomic E-state index is -3.91. The van der Waals surface area contributed by atoms with Gasteiger partial charge in [0.1, 0.15) is 11.6 Å². The first-order chi connectivity index (χ1) is 14.3. The number of carbonyl (C=O) groups excluding carboxylic acids is 1. The molecule has 0 amide bonds. The number of benzene rings is 2. The van der Waals surface area contributed by atoms with Crippen LogP contribution in [0.3, 0.4) is 0 Å². The Morgan fingerprint density at radius 3 is 2.17 bits per heavy atom. The Labute approximate surface area is 172 Å². The number of carbonyl (C=O) groups is 1. The van der Waals surface area contributed by atoms with Crippen LogP contribution in [0, 0.1) is 17.6 Å². The molecule has 0 bridgehead atoms. The second-order valence-corrected chi connectivity index (χ2v) is 9.22. The molecule has 1 aliphatic heterocycles. The Kier molecular flexibility index (Phi) is 5.25. The molecule has 2 atom stereocenters. The molecule has 0 radical (unpaired) electrons. The summed E-state index contributed by atoms with van der Waals surface area (Å²) in [5.41, 5.74) is 0.959. The molecule has 0 N–H and O–H groups in total. The van der Waals surface area contributed by atoms with E-state index in [0.717, 1.165) is 0 Å². The van der Waals surface area contributed by atoms with Gasteiger partial charge < -0.3 is 4.57 Å². The molecule has 156 valence electrons. The summed E-state index contributed by atoms with van der Waals surface area (Å²) in [7, 11) is -2.24. The van der Waals surface area contributed by atoms with E-state index >= 15 is 0 Å². The average Bonchev–Trinajstić information content (AvgIpc) is 3.36. The smallest absolute Gasteiger partial charge is 0.262 e. The Balaban J connectivity index is 1.71. The fourth-order valence-corrected chi connectivity index (χ4v) is 5.22. The Morgan fingerprint density at radius 1 is 1.00 bits per heavy atom. The Morgan fingerprint density at radius 2 is 1.60 bits per heavy atom. The van der Waals surface area contributed by atoms with E-state index in [2.05, 4.69) is 4.98 Å². The quantitative estimate of drug-likeness (QED) is 0.583. The van der Waals surface area contributed by atoms with Crippen LogP contribution in [0.1, 0.15) is 21.8 Å². The fourth-order valence-electron chi connectivity index (χ4n) is 3.76. The van der Waals surface area contributed by atoms with Gasteiger partial charge in [-0.15, -0.1) is 0 Å². The van der Waals surface area contributed by atoms with Crippen molar-refractivity contribution >= 4 is 15.8 Å². The second kappa shape index (κ2) is 7.73. The van der Waals surface area contributed by atoms with E-state index in [-0.39, 0.29) is 23.9 Å². The third-order valence-electron chi connectivity index (χ3n) is 5.34. The summed E-state index contributed by atoms with van der Waals surface area (Å²) in [6.45, 7) is 0.0132. The summed E-state index contributed by atoms with van der Waals surface area (Å²) < 4.78 is 55.5. The summed E-state index contributed by atoms with van der Waals surface area (Å²) >= 11 is 0. The first-order valence-electron chi connectivity index (χ1n) is 9.29. The molecule has 2 heterocycles. The van der Waals surface area contributed by atoms with Crippen LogP contribution in [0.5, 0.6) is 0 Å². The molecule has 1 aromatic heterocycles. The van der Waals surface area contributed by atoms with Gasteiger partial charge >= 0.3 is 0 Å². The molecule has 1 saturated heterocycles. The van der Waals surface area contributed by atoms with Crippen molar-refractivity contribution in [1.82, 2.24) is 13.9 Å². The van der Waals surface area contributed by atoms with E-state index in [1.54, 1.807) is 19.2 Å². The van der Waals surface area contributed by atoms with Crippen molar-refractivity contribution in [2.24, 2.45) is 13.0 Å². The van der Waals surface area contributed by atoms with Gasteiger partial charge in [0.2, 0.25) is 0 Å². The van der Waals surface area contributed by atoms with Crippen molar-refractivity contribution in [3.63, 3.8) is 0 Å². The number of halogens is 2. The molecule has 4 rings (SSSR count). The van der Waals surface area contributed by atoms with Crippen molar-refractivity contribution in [3.05, 3.63) is 83.8 Å². The summed E-state index contributed by atoms with van der Waals surface area (Å²) in [5, 5.41) is -0.0993. The zero-order valence-corrected chi connectivity index (χ0v) is 16.9. The molecule has 3 aromatic rings. The highest BCUT2D eigenvalue weighted by Crippen LogP contribution is 2.37. The van der Waals surface area contributed by atoms with Crippen LogP contribution in [0.2, 0.25) is 0 Å². The number of aryl methyl sites for hydroxylation is 1. The summed E-state index contributed by atoms with van der Waals surface area (Å²) in [6.07, 6.45) is 2.79. The third kappa shape index (κ3) is 3.78. The lowest BCUT2D eigenvalue weighted by atomic mass is 9.84. The van der Waals surface area contributed by atoms with Crippen molar-refractivity contribution in [2.75, 3.05) is 13.1 Å². The molecular weight excluding hydrogens is 412 g/mol. The van der Waals surface area contributed by atoms with Gasteiger partial charge in [0.25, 0.3) is 10.0 Å². The lowest BCUT2D eigenvalue weighted by molar-refractivity contribution is 0.0918. The number of aromatic nitrogens is 2. The van der Waals surface area contributed by atoms with Crippen LogP contribution in [0.25, 0.3) is 0 Å². The summed E-state index contributed by atoms with van der Waals surface area (Å²) in [4.78, 5) is 17.1. The molecule has 9 heteroatoms. The number of hydrogen-bond donors (Lipinski definition) is 0. The molecule has 1 fully saturated rings. The molecular formula is C21H19F2N3O3S. The van der Waals surface area contributed by atoms with Crippen LogP contribution >= 0.6 is 0 Å². The monoisotopic (exact) mass is 431 g/mol. The first-order valence-corrected chi connectivity index (χ1v) is 10.7. The maximum atomic E-state index is 13.4. The van der Waals surface area contributed by atoms with Gasteiger partial charge in [0, 0.05) is 43.7 Å². The Bertz CT molecular complexity index is 1170. The largest absolute Gasteiger partial charge is 0.339 e. The Hall–Kier alpha value is -2.91. The highest BCUT2D eigenvalue weighted by molar-refractivity contribution is 7.89. The highest BCUT2D eigenvalue weighted by Gasteiger charge is 2.44. The zero-order valence-electron chi connectivity index (χ0n) is 16.1. The van der Waals surface area contributed by atoms with Gasteiger partial charge in [-0.25, -0.2) is 22.2 Å². The summed E-state index contributed by atoms with van der Waals surface area (Å²) in [5.74, 6) is -2.34. The van der Waals surface area contributed by atoms with E-state index in [0.29, 0.717) is 11.1 Å². The van der Waals surface area contributed by atoms with Gasteiger partial charge in [0.15, 0.2) is 10.8 Å². The number of ketones is 1. The van der Waals surface area contributed by atoms with E-state index in [4.69, 9.17) is 0 Å². The van der Waals surface area contributed by atoms with Crippen molar-refractivity contribution in [1.29, 1.82) is 0 Å². The van der Waals surface area contributed by atoms with E-state index in [9.17, 15) is 22.0 Å². The molecule has 0 spiro atoms. The van der Waals surface area contributed by atoms with E-state index in [1.807, 2.05) is 0 Å². The van der Waals surface area contributed by atoms with Crippen molar-refractivity contribution in [2.45, 2.75) is 10.9 Å². The number of sulfonamides is 1. The minimum absolute atomic E-state index is 0.0445. The predicted molar refractivity (Wildman–Crippen MR) is 105 cm³/mol. The van der Waals surface area contributed by atoms with Gasteiger partial charge in [0.05, 0.1) is 6.33 Å². The van der Waals surface area contributed by atoms with Crippen LogP contribution in [-0.2, 0) is 17.1 Å².